The SMILES string of the molecule is C#CC1(Oc2ccc(C(=O)O)nc2)CC1. The second-order valence-electron chi connectivity index (χ2n) is 3.42. The first-order valence-electron chi connectivity index (χ1n) is 4.51. The summed E-state index contributed by atoms with van der Waals surface area (Å²) in [7, 11) is 0. The third-order valence-electron chi connectivity index (χ3n) is 2.24. The third kappa shape index (κ3) is 1.91. The molecule has 0 saturated heterocycles. The molecule has 0 bridgehead atoms. The summed E-state index contributed by atoms with van der Waals surface area (Å²) in [5.74, 6) is 2.03. The lowest BCUT2D eigenvalue weighted by molar-refractivity contribution is 0.0690. The van der Waals surface area contributed by atoms with Gasteiger partial charge in [-0.25, -0.2) is 9.78 Å². The van der Waals surface area contributed by atoms with Gasteiger partial charge in [-0.1, -0.05) is 5.92 Å². The maximum Gasteiger partial charge on any atom is 0.354 e. The fourth-order valence-corrected chi connectivity index (χ4v) is 1.18. The number of nitrogens with zero attached hydrogens (tertiary/aromatic N) is 1. The molecule has 15 heavy (non-hydrogen) atoms. The number of carboxylic acids is 1. The minimum absolute atomic E-state index is 0.00657. The van der Waals surface area contributed by atoms with Crippen LogP contribution in [0, 0.1) is 12.3 Å². The molecule has 0 unspecified atom stereocenters. The highest BCUT2D eigenvalue weighted by molar-refractivity contribution is 5.85. The van der Waals surface area contributed by atoms with Crippen molar-refractivity contribution in [2.24, 2.45) is 0 Å². The van der Waals surface area contributed by atoms with Crippen molar-refractivity contribution < 1.29 is 14.6 Å². The lowest BCUT2D eigenvalue weighted by atomic mass is 10.3. The second-order valence-corrected chi connectivity index (χ2v) is 3.42. The van der Waals surface area contributed by atoms with Gasteiger partial charge >= 0.3 is 5.97 Å². The van der Waals surface area contributed by atoms with Crippen LogP contribution in [-0.2, 0) is 0 Å². The molecule has 1 aromatic rings. The lowest BCUT2D eigenvalue weighted by Crippen LogP contribution is -2.15. The molecule has 1 fully saturated rings. The van der Waals surface area contributed by atoms with Crippen molar-refractivity contribution in [2.75, 3.05) is 0 Å². The zero-order valence-electron chi connectivity index (χ0n) is 7.93. The van der Waals surface area contributed by atoms with Gasteiger partial charge in [0.2, 0.25) is 0 Å². The third-order valence-corrected chi connectivity index (χ3v) is 2.24. The number of aromatic carboxylic acids is 1. The van der Waals surface area contributed by atoms with Crippen LogP contribution in [0.4, 0.5) is 0 Å². The van der Waals surface area contributed by atoms with Gasteiger partial charge in [0.25, 0.3) is 0 Å². The van der Waals surface area contributed by atoms with Crippen LogP contribution < -0.4 is 4.74 Å². The van der Waals surface area contributed by atoms with Crippen molar-refractivity contribution in [3.05, 3.63) is 24.0 Å². The van der Waals surface area contributed by atoms with Gasteiger partial charge in [-0.3, -0.25) is 0 Å². The Morgan fingerprint density at radius 2 is 2.33 bits per heavy atom. The molecule has 1 N–H and O–H groups in total. The Kier molecular flexibility index (Phi) is 2.09. The highest BCUT2D eigenvalue weighted by Gasteiger charge is 2.43. The van der Waals surface area contributed by atoms with Gasteiger partial charge in [0.05, 0.1) is 6.20 Å². The highest BCUT2D eigenvalue weighted by atomic mass is 16.5. The van der Waals surface area contributed by atoms with Crippen LogP contribution in [0.2, 0.25) is 0 Å². The van der Waals surface area contributed by atoms with Crippen LogP contribution in [0.3, 0.4) is 0 Å². The molecular weight excluding hydrogens is 194 g/mol. The summed E-state index contributed by atoms with van der Waals surface area (Å²) in [5.41, 5.74) is -0.486. The van der Waals surface area contributed by atoms with E-state index in [9.17, 15) is 4.79 Å². The molecule has 1 heterocycles. The fourth-order valence-electron chi connectivity index (χ4n) is 1.18. The van der Waals surface area contributed by atoms with Crippen molar-refractivity contribution >= 4 is 5.97 Å². The maximum absolute atomic E-state index is 10.5. The Balaban J connectivity index is 2.12. The van der Waals surface area contributed by atoms with E-state index in [1.165, 1.54) is 12.3 Å². The zero-order chi connectivity index (χ0) is 10.9. The minimum atomic E-state index is -1.06. The average molecular weight is 203 g/mol. The Labute approximate surface area is 86.9 Å². The van der Waals surface area contributed by atoms with Crippen LogP contribution in [0.1, 0.15) is 23.3 Å². The van der Waals surface area contributed by atoms with E-state index in [1.54, 1.807) is 6.07 Å². The normalized spacial score (nSPS) is 16.5. The molecule has 0 aromatic carbocycles. The van der Waals surface area contributed by atoms with Gasteiger partial charge in [0.1, 0.15) is 11.4 Å². The number of rotatable bonds is 3. The van der Waals surface area contributed by atoms with Crippen molar-refractivity contribution in [2.45, 2.75) is 18.4 Å². The molecule has 0 aliphatic heterocycles. The first kappa shape index (κ1) is 9.53. The van der Waals surface area contributed by atoms with Gasteiger partial charge in [-0.2, -0.15) is 0 Å². The Bertz CT molecular complexity index is 426. The molecule has 2 rings (SSSR count). The van der Waals surface area contributed by atoms with E-state index in [0.29, 0.717) is 5.75 Å². The van der Waals surface area contributed by atoms with E-state index >= 15 is 0 Å². The average Bonchev–Trinajstić information content (AvgIpc) is 2.99. The number of aromatic nitrogens is 1. The van der Waals surface area contributed by atoms with Gasteiger partial charge < -0.3 is 9.84 Å². The van der Waals surface area contributed by atoms with Crippen molar-refractivity contribution in [1.82, 2.24) is 4.98 Å². The topological polar surface area (TPSA) is 59.4 Å². The second kappa shape index (κ2) is 3.28. The lowest BCUT2D eigenvalue weighted by Gasteiger charge is -2.10. The van der Waals surface area contributed by atoms with Crippen LogP contribution in [0.25, 0.3) is 0 Å². The van der Waals surface area contributed by atoms with Gasteiger partial charge in [-0.15, -0.1) is 6.42 Å². The molecule has 1 saturated carbocycles. The molecule has 4 heteroatoms. The van der Waals surface area contributed by atoms with Gasteiger partial charge in [0, 0.05) is 12.8 Å². The zero-order valence-corrected chi connectivity index (χ0v) is 7.93. The molecule has 1 aliphatic carbocycles. The van der Waals surface area contributed by atoms with Crippen molar-refractivity contribution in [3.63, 3.8) is 0 Å². The monoisotopic (exact) mass is 203 g/mol. The van der Waals surface area contributed by atoms with Crippen LogP contribution in [0.15, 0.2) is 18.3 Å². The van der Waals surface area contributed by atoms with E-state index in [1.807, 2.05) is 0 Å². The van der Waals surface area contributed by atoms with Gasteiger partial charge in [0.15, 0.2) is 5.60 Å². The predicted octanol–water partition coefficient (Wildman–Crippen LogP) is 1.32. The van der Waals surface area contributed by atoms with E-state index in [4.69, 9.17) is 16.3 Å². The standard InChI is InChI=1S/C11H9NO3/c1-2-11(5-6-11)15-8-3-4-9(10(13)14)12-7-8/h1,3-4,7H,5-6H2,(H,13,14). The quantitative estimate of drug-likeness (QED) is 0.753. The predicted molar refractivity (Wildman–Crippen MR) is 52.6 cm³/mol. The van der Waals surface area contributed by atoms with Crippen molar-refractivity contribution in [1.29, 1.82) is 0 Å². The van der Waals surface area contributed by atoms with E-state index < -0.39 is 11.6 Å². The molecule has 1 aromatic heterocycles. The van der Waals surface area contributed by atoms with Crippen LogP contribution in [0.5, 0.6) is 5.75 Å². The molecule has 1 aliphatic rings. The van der Waals surface area contributed by atoms with E-state index in [2.05, 4.69) is 10.9 Å². The number of hydrogen-bond donors (Lipinski definition) is 1. The number of carboxylic acid groups (broad SMARTS) is 1. The van der Waals surface area contributed by atoms with Crippen molar-refractivity contribution in [3.8, 4) is 18.1 Å². The molecule has 0 spiro atoms. The molecule has 76 valence electrons. The maximum atomic E-state index is 10.5. The summed E-state index contributed by atoms with van der Waals surface area (Å²) in [6.07, 6.45) is 8.36. The Morgan fingerprint density at radius 1 is 1.60 bits per heavy atom. The first-order valence-corrected chi connectivity index (χ1v) is 4.51. The number of pyridine rings is 1. The van der Waals surface area contributed by atoms with E-state index in [-0.39, 0.29) is 5.69 Å². The minimum Gasteiger partial charge on any atom is -0.477 e. The summed E-state index contributed by atoms with van der Waals surface area (Å²) < 4.78 is 5.51. The Morgan fingerprint density at radius 3 is 2.73 bits per heavy atom. The molecular formula is C11H9NO3. The summed E-state index contributed by atoms with van der Waals surface area (Å²) in [6, 6.07) is 2.96. The number of terminal acetylenes is 1. The number of ether oxygens (including phenoxy) is 1. The molecule has 0 amide bonds. The molecule has 4 nitrogen and oxygen atoms in total. The van der Waals surface area contributed by atoms with Crippen LogP contribution >= 0.6 is 0 Å². The number of carbonyl (C=O) groups is 1. The fraction of sp³-hybridized carbons (Fsp3) is 0.273. The number of hydrogen-bond acceptors (Lipinski definition) is 3. The molecule has 0 atom stereocenters. The van der Waals surface area contributed by atoms with Crippen LogP contribution in [-0.4, -0.2) is 21.7 Å². The highest BCUT2D eigenvalue weighted by Crippen LogP contribution is 2.39. The summed E-state index contributed by atoms with van der Waals surface area (Å²) in [4.78, 5) is 14.3. The smallest absolute Gasteiger partial charge is 0.354 e. The Hall–Kier alpha value is -2.02. The van der Waals surface area contributed by atoms with E-state index in [0.717, 1.165) is 12.8 Å². The van der Waals surface area contributed by atoms with Gasteiger partial charge in [-0.05, 0) is 12.1 Å². The first-order chi connectivity index (χ1) is 7.15. The summed E-state index contributed by atoms with van der Waals surface area (Å²) >= 11 is 0. The summed E-state index contributed by atoms with van der Waals surface area (Å²) in [6.45, 7) is 0. The summed E-state index contributed by atoms with van der Waals surface area (Å²) in [5, 5.41) is 8.63. The largest absolute Gasteiger partial charge is 0.477 e. The molecule has 0 radical (unpaired) electrons.